The molecule has 3 nitrogen and oxygen atoms in total. The molecule has 0 saturated heterocycles. The van der Waals surface area contributed by atoms with Gasteiger partial charge in [-0.05, 0) is 26.8 Å². The third kappa shape index (κ3) is 4.61. The molecule has 0 rings (SSSR count). The van der Waals surface area contributed by atoms with Gasteiger partial charge in [0.15, 0.2) is 0 Å². The van der Waals surface area contributed by atoms with Crippen LogP contribution in [0.25, 0.3) is 0 Å². The van der Waals surface area contributed by atoms with Gasteiger partial charge >= 0.3 is 5.97 Å². The number of carbonyl (C=O) groups is 1. The number of nitrogens with zero attached hydrogens (tertiary/aromatic N) is 1. The molecular weight excluding hydrogens is 178 g/mol. The van der Waals surface area contributed by atoms with Gasteiger partial charge in [-0.2, -0.15) is 0 Å². The molecule has 84 valence electrons. The fourth-order valence-corrected chi connectivity index (χ4v) is 1.47. The topological polar surface area (TPSA) is 40.5 Å². The van der Waals surface area contributed by atoms with Crippen molar-refractivity contribution >= 4 is 5.97 Å². The second-order valence-electron chi connectivity index (χ2n) is 4.90. The van der Waals surface area contributed by atoms with Crippen molar-refractivity contribution in [2.45, 2.75) is 34.1 Å². The third-order valence-electron chi connectivity index (χ3n) is 2.56. The van der Waals surface area contributed by atoms with Gasteiger partial charge in [-0.1, -0.05) is 20.3 Å². The minimum atomic E-state index is -0.728. The zero-order valence-electron chi connectivity index (χ0n) is 10.0. The fraction of sp³-hybridized carbons (Fsp3) is 0.909. The van der Waals surface area contributed by atoms with Crippen LogP contribution in [0.15, 0.2) is 0 Å². The van der Waals surface area contributed by atoms with Crippen LogP contribution in [0, 0.1) is 11.3 Å². The Labute approximate surface area is 87.1 Å². The quantitative estimate of drug-likeness (QED) is 0.715. The summed E-state index contributed by atoms with van der Waals surface area (Å²) in [7, 11) is 1.98. The fourth-order valence-electron chi connectivity index (χ4n) is 1.47. The Kier molecular flexibility index (Phi) is 5.13. The minimum absolute atomic E-state index is 0.604. The summed E-state index contributed by atoms with van der Waals surface area (Å²) in [5.74, 6) is -0.0990. The van der Waals surface area contributed by atoms with Gasteiger partial charge in [-0.15, -0.1) is 0 Å². The number of carboxylic acid groups (broad SMARTS) is 1. The molecule has 0 amide bonds. The van der Waals surface area contributed by atoms with Crippen LogP contribution >= 0.6 is 0 Å². The standard InChI is InChI=1S/C11H23NO2/c1-6-9(2)7-12(5)8-11(3,4)10(13)14/h9H,6-8H2,1-5H3,(H,13,14). The van der Waals surface area contributed by atoms with Crippen LogP contribution in [0.5, 0.6) is 0 Å². The molecule has 0 aliphatic heterocycles. The molecule has 1 unspecified atom stereocenters. The molecule has 1 N–H and O–H groups in total. The first kappa shape index (κ1) is 13.4. The predicted octanol–water partition coefficient (Wildman–Crippen LogP) is 2.08. The highest BCUT2D eigenvalue weighted by molar-refractivity contribution is 5.73. The molecule has 0 bridgehead atoms. The molecule has 0 aromatic carbocycles. The summed E-state index contributed by atoms with van der Waals surface area (Å²) in [4.78, 5) is 13.0. The van der Waals surface area contributed by atoms with Crippen LogP contribution < -0.4 is 0 Å². The van der Waals surface area contributed by atoms with Gasteiger partial charge in [0.05, 0.1) is 5.41 Å². The Hall–Kier alpha value is -0.570. The minimum Gasteiger partial charge on any atom is -0.481 e. The van der Waals surface area contributed by atoms with Crippen molar-refractivity contribution < 1.29 is 9.90 Å². The number of rotatable bonds is 6. The van der Waals surface area contributed by atoms with Crippen molar-refractivity contribution in [3.05, 3.63) is 0 Å². The highest BCUT2D eigenvalue weighted by atomic mass is 16.4. The van der Waals surface area contributed by atoms with E-state index in [1.807, 2.05) is 7.05 Å². The van der Waals surface area contributed by atoms with Gasteiger partial charge < -0.3 is 10.0 Å². The second kappa shape index (κ2) is 5.35. The van der Waals surface area contributed by atoms with E-state index < -0.39 is 11.4 Å². The first-order valence-electron chi connectivity index (χ1n) is 5.21. The van der Waals surface area contributed by atoms with Crippen molar-refractivity contribution in [2.75, 3.05) is 20.1 Å². The number of aliphatic carboxylic acids is 1. The van der Waals surface area contributed by atoms with Crippen LogP contribution in [0.1, 0.15) is 34.1 Å². The molecule has 0 fully saturated rings. The van der Waals surface area contributed by atoms with Gasteiger partial charge in [-0.25, -0.2) is 0 Å². The van der Waals surface area contributed by atoms with Crippen molar-refractivity contribution in [3.8, 4) is 0 Å². The van der Waals surface area contributed by atoms with Crippen LogP contribution in [0.2, 0.25) is 0 Å². The number of hydrogen-bond donors (Lipinski definition) is 1. The maximum atomic E-state index is 10.9. The van der Waals surface area contributed by atoms with E-state index in [2.05, 4.69) is 18.7 Å². The zero-order chi connectivity index (χ0) is 11.4. The third-order valence-corrected chi connectivity index (χ3v) is 2.56. The van der Waals surface area contributed by atoms with Gasteiger partial charge in [0.1, 0.15) is 0 Å². The maximum Gasteiger partial charge on any atom is 0.310 e. The maximum absolute atomic E-state index is 10.9. The average Bonchev–Trinajstić information content (AvgIpc) is 2.02. The Bertz CT molecular complexity index is 190. The number of hydrogen-bond acceptors (Lipinski definition) is 2. The summed E-state index contributed by atoms with van der Waals surface area (Å²) in [6, 6.07) is 0. The lowest BCUT2D eigenvalue weighted by atomic mass is 9.93. The van der Waals surface area contributed by atoms with Crippen LogP contribution in [0.3, 0.4) is 0 Å². The van der Waals surface area contributed by atoms with E-state index >= 15 is 0 Å². The van der Waals surface area contributed by atoms with Crippen molar-refractivity contribution in [1.82, 2.24) is 4.90 Å². The highest BCUT2D eigenvalue weighted by Gasteiger charge is 2.28. The highest BCUT2D eigenvalue weighted by Crippen LogP contribution is 2.17. The molecule has 3 heteroatoms. The van der Waals surface area contributed by atoms with Crippen molar-refractivity contribution in [3.63, 3.8) is 0 Å². The largest absolute Gasteiger partial charge is 0.481 e. The zero-order valence-corrected chi connectivity index (χ0v) is 10.0. The molecule has 0 aliphatic rings. The molecule has 1 atom stereocenters. The molecule has 0 radical (unpaired) electrons. The van der Waals surface area contributed by atoms with E-state index in [-0.39, 0.29) is 0 Å². The lowest BCUT2D eigenvalue weighted by molar-refractivity contribution is -0.147. The van der Waals surface area contributed by atoms with Gasteiger partial charge in [-0.3, -0.25) is 4.79 Å². The Morgan fingerprint density at radius 2 is 2.00 bits per heavy atom. The lowest BCUT2D eigenvalue weighted by Crippen LogP contribution is -2.38. The summed E-state index contributed by atoms with van der Waals surface area (Å²) >= 11 is 0. The van der Waals surface area contributed by atoms with E-state index in [0.29, 0.717) is 12.5 Å². The predicted molar refractivity (Wildman–Crippen MR) is 58.4 cm³/mol. The summed E-state index contributed by atoms with van der Waals surface area (Å²) in [6.45, 7) is 9.44. The second-order valence-corrected chi connectivity index (χ2v) is 4.90. The molecule has 0 aromatic heterocycles. The summed E-state index contributed by atoms with van der Waals surface area (Å²) < 4.78 is 0. The molecule has 0 heterocycles. The summed E-state index contributed by atoms with van der Waals surface area (Å²) in [6.07, 6.45) is 1.14. The van der Waals surface area contributed by atoms with E-state index in [0.717, 1.165) is 13.0 Å². The lowest BCUT2D eigenvalue weighted by Gasteiger charge is -2.28. The molecular formula is C11H23NO2. The van der Waals surface area contributed by atoms with Gasteiger partial charge in [0.2, 0.25) is 0 Å². The van der Waals surface area contributed by atoms with Crippen LogP contribution in [0.4, 0.5) is 0 Å². The summed E-state index contributed by atoms with van der Waals surface area (Å²) in [5.41, 5.74) is -0.651. The van der Waals surface area contributed by atoms with E-state index in [9.17, 15) is 4.79 Å². The van der Waals surface area contributed by atoms with Crippen LogP contribution in [-0.4, -0.2) is 36.1 Å². The molecule has 0 aromatic rings. The van der Waals surface area contributed by atoms with E-state index in [1.165, 1.54) is 0 Å². The van der Waals surface area contributed by atoms with Crippen molar-refractivity contribution in [1.29, 1.82) is 0 Å². The molecule has 0 spiro atoms. The summed E-state index contributed by atoms with van der Waals surface area (Å²) in [5, 5.41) is 8.95. The SMILES string of the molecule is CCC(C)CN(C)CC(C)(C)C(=O)O. The molecule has 0 saturated carbocycles. The van der Waals surface area contributed by atoms with E-state index in [4.69, 9.17) is 5.11 Å². The smallest absolute Gasteiger partial charge is 0.310 e. The number of carboxylic acids is 1. The first-order chi connectivity index (χ1) is 6.29. The van der Waals surface area contributed by atoms with Crippen molar-refractivity contribution in [2.24, 2.45) is 11.3 Å². The Balaban J connectivity index is 4.05. The molecule has 0 aliphatic carbocycles. The van der Waals surface area contributed by atoms with E-state index in [1.54, 1.807) is 13.8 Å². The Morgan fingerprint density at radius 1 is 1.50 bits per heavy atom. The monoisotopic (exact) mass is 201 g/mol. The van der Waals surface area contributed by atoms with Crippen LogP contribution in [-0.2, 0) is 4.79 Å². The molecule has 14 heavy (non-hydrogen) atoms. The average molecular weight is 201 g/mol. The van der Waals surface area contributed by atoms with Gasteiger partial charge in [0.25, 0.3) is 0 Å². The first-order valence-corrected chi connectivity index (χ1v) is 5.21. The van der Waals surface area contributed by atoms with Gasteiger partial charge in [0, 0.05) is 13.1 Å². The normalized spacial score (nSPS) is 14.4. The Morgan fingerprint density at radius 3 is 2.36 bits per heavy atom.